The first kappa shape index (κ1) is 13.0. The van der Waals surface area contributed by atoms with Gasteiger partial charge in [0.15, 0.2) is 0 Å². The van der Waals surface area contributed by atoms with Crippen LogP contribution in [0.15, 0.2) is 29.6 Å². The van der Waals surface area contributed by atoms with Gasteiger partial charge < -0.3 is 15.4 Å². The van der Waals surface area contributed by atoms with Gasteiger partial charge in [-0.1, -0.05) is 0 Å². The maximum Gasteiger partial charge on any atom is 0.337 e. The van der Waals surface area contributed by atoms with E-state index in [1.54, 1.807) is 12.1 Å². The third kappa shape index (κ3) is 2.25. The Morgan fingerprint density at radius 2 is 2.25 bits per heavy atom. The Hall–Kier alpha value is -2.01. The zero-order valence-corrected chi connectivity index (χ0v) is 12.1. The molecule has 0 amide bonds. The largest absolute Gasteiger partial charge is 0.465 e. The number of hydrogen-bond donors (Lipinski definition) is 1. The van der Waals surface area contributed by atoms with Crippen molar-refractivity contribution >= 4 is 28.7 Å². The second-order valence-electron chi connectivity index (χ2n) is 4.81. The van der Waals surface area contributed by atoms with Crippen LogP contribution in [0.5, 0.6) is 0 Å². The van der Waals surface area contributed by atoms with Gasteiger partial charge in [-0.3, -0.25) is 0 Å². The lowest BCUT2D eigenvalue weighted by atomic mass is 10.1. The maximum absolute atomic E-state index is 11.5. The molecule has 0 saturated carbocycles. The summed E-state index contributed by atoms with van der Waals surface area (Å²) in [6.07, 6.45) is 1.05. The quantitative estimate of drug-likeness (QED) is 0.682. The summed E-state index contributed by atoms with van der Waals surface area (Å²) >= 11 is 1.82. The van der Waals surface area contributed by atoms with E-state index in [0.29, 0.717) is 11.3 Å². The summed E-state index contributed by atoms with van der Waals surface area (Å²) in [6.45, 7) is 1.83. The van der Waals surface area contributed by atoms with Crippen LogP contribution in [-0.2, 0) is 17.7 Å². The average Bonchev–Trinajstić information content (AvgIpc) is 2.93. The zero-order chi connectivity index (χ0) is 14.1. The number of fused-ring (bicyclic) bond motifs is 1. The van der Waals surface area contributed by atoms with Crippen molar-refractivity contribution in [1.82, 2.24) is 0 Å². The highest BCUT2D eigenvalue weighted by molar-refractivity contribution is 7.10. The van der Waals surface area contributed by atoms with Crippen molar-refractivity contribution in [2.45, 2.75) is 13.0 Å². The van der Waals surface area contributed by atoms with Gasteiger partial charge in [0.2, 0.25) is 0 Å². The van der Waals surface area contributed by atoms with Gasteiger partial charge in [-0.25, -0.2) is 4.79 Å². The summed E-state index contributed by atoms with van der Waals surface area (Å²) in [7, 11) is 1.37. The first-order valence-electron chi connectivity index (χ1n) is 6.47. The van der Waals surface area contributed by atoms with E-state index in [4.69, 9.17) is 10.5 Å². The molecule has 0 spiro atoms. The molecule has 2 N–H and O–H groups in total. The number of carbonyl (C=O) groups excluding carboxylic acids is 1. The molecule has 4 nitrogen and oxygen atoms in total. The lowest BCUT2D eigenvalue weighted by Gasteiger charge is -2.30. The topological polar surface area (TPSA) is 55.6 Å². The number of ether oxygens (including phenoxy) is 1. The van der Waals surface area contributed by atoms with E-state index in [0.717, 1.165) is 25.2 Å². The Kier molecular flexibility index (Phi) is 3.36. The van der Waals surface area contributed by atoms with Gasteiger partial charge in [0.25, 0.3) is 0 Å². The van der Waals surface area contributed by atoms with Crippen LogP contribution in [0.3, 0.4) is 0 Å². The molecule has 2 aromatic rings. The Bertz CT molecular complexity index is 651. The molecule has 5 heteroatoms. The monoisotopic (exact) mass is 288 g/mol. The Morgan fingerprint density at radius 1 is 1.40 bits per heavy atom. The van der Waals surface area contributed by atoms with E-state index in [-0.39, 0.29) is 5.97 Å². The fraction of sp³-hybridized carbons (Fsp3) is 0.267. The SMILES string of the molecule is COC(=O)c1ccc(N2CCc3sccc3C2)c(N)c1. The fourth-order valence-corrected chi connectivity index (χ4v) is 3.43. The summed E-state index contributed by atoms with van der Waals surface area (Å²) in [5.41, 5.74) is 9.55. The Balaban J connectivity index is 1.87. The van der Waals surface area contributed by atoms with Gasteiger partial charge in [0.05, 0.1) is 24.0 Å². The van der Waals surface area contributed by atoms with Crippen LogP contribution in [0.4, 0.5) is 11.4 Å². The second-order valence-corrected chi connectivity index (χ2v) is 5.81. The number of anilines is 2. The minimum atomic E-state index is -0.359. The number of esters is 1. The van der Waals surface area contributed by atoms with Crippen LogP contribution in [-0.4, -0.2) is 19.6 Å². The summed E-state index contributed by atoms with van der Waals surface area (Å²) in [5, 5.41) is 2.14. The number of thiophene rings is 1. The van der Waals surface area contributed by atoms with Crippen molar-refractivity contribution in [2.75, 3.05) is 24.3 Å². The number of nitrogens with zero attached hydrogens (tertiary/aromatic N) is 1. The van der Waals surface area contributed by atoms with Gasteiger partial charge in [0.1, 0.15) is 0 Å². The summed E-state index contributed by atoms with van der Waals surface area (Å²) in [4.78, 5) is 15.2. The number of carbonyl (C=O) groups is 1. The number of benzene rings is 1. The molecule has 1 aliphatic rings. The third-order valence-corrected chi connectivity index (χ3v) is 4.62. The molecule has 2 heterocycles. The lowest BCUT2D eigenvalue weighted by molar-refractivity contribution is 0.0601. The van der Waals surface area contributed by atoms with Crippen molar-refractivity contribution in [2.24, 2.45) is 0 Å². The number of nitrogen functional groups attached to an aromatic ring is 1. The highest BCUT2D eigenvalue weighted by Gasteiger charge is 2.19. The number of rotatable bonds is 2. The maximum atomic E-state index is 11.5. The van der Waals surface area contributed by atoms with Crippen molar-refractivity contribution < 1.29 is 9.53 Å². The number of hydrogen-bond acceptors (Lipinski definition) is 5. The van der Waals surface area contributed by atoms with Crippen LogP contribution < -0.4 is 10.6 Å². The molecule has 0 aliphatic carbocycles. The van der Waals surface area contributed by atoms with Crippen LogP contribution in [0, 0.1) is 0 Å². The Morgan fingerprint density at radius 3 is 3.00 bits per heavy atom. The molecule has 0 atom stereocenters. The standard InChI is InChI=1S/C15H16N2O2S/c1-19-15(18)10-2-3-13(12(16)8-10)17-6-4-14-11(9-17)5-7-20-14/h2-3,5,7-8H,4,6,9,16H2,1H3. The van der Waals surface area contributed by atoms with Gasteiger partial charge >= 0.3 is 5.97 Å². The van der Waals surface area contributed by atoms with Crippen LogP contribution in [0.25, 0.3) is 0 Å². The van der Waals surface area contributed by atoms with Crippen LogP contribution >= 0.6 is 11.3 Å². The van der Waals surface area contributed by atoms with Gasteiger partial charge in [-0.05, 0) is 41.6 Å². The van der Waals surface area contributed by atoms with Gasteiger partial charge in [-0.2, -0.15) is 0 Å². The summed E-state index contributed by atoms with van der Waals surface area (Å²) in [5.74, 6) is -0.359. The number of methoxy groups -OCH3 is 1. The molecule has 3 rings (SSSR count). The molecule has 0 radical (unpaired) electrons. The van der Waals surface area contributed by atoms with Crippen LogP contribution in [0.1, 0.15) is 20.8 Å². The molecule has 0 bridgehead atoms. The predicted molar refractivity (Wildman–Crippen MR) is 81.3 cm³/mol. The highest BCUT2D eigenvalue weighted by atomic mass is 32.1. The van der Waals surface area contributed by atoms with E-state index in [1.165, 1.54) is 17.6 Å². The highest BCUT2D eigenvalue weighted by Crippen LogP contribution is 2.31. The summed E-state index contributed by atoms with van der Waals surface area (Å²) < 4.78 is 4.71. The third-order valence-electron chi connectivity index (χ3n) is 3.60. The molecule has 20 heavy (non-hydrogen) atoms. The van der Waals surface area contributed by atoms with E-state index in [9.17, 15) is 4.79 Å². The molecular formula is C15H16N2O2S. The first-order chi connectivity index (χ1) is 9.69. The van der Waals surface area contributed by atoms with E-state index in [2.05, 4.69) is 16.3 Å². The Labute approximate surface area is 121 Å². The fourth-order valence-electron chi connectivity index (χ4n) is 2.54. The molecule has 104 valence electrons. The molecule has 1 aromatic carbocycles. The molecule has 0 fully saturated rings. The normalized spacial score (nSPS) is 13.9. The lowest BCUT2D eigenvalue weighted by Crippen LogP contribution is -2.30. The summed E-state index contributed by atoms with van der Waals surface area (Å²) in [6, 6.07) is 7.52. The molecule has 0 saturated heterocycles. The predicted octanol–water partition coefficient (Wildman–Crippen LogP) is 2.68. The minimum absolute atomic E-state index is 0.359. The van der Waals surface area contributed by atoms with Gasteiger partial charge in [-0.15, -0.1) is 11.3 Å². The molecular weight excluding hydrogens is 272 g/mol. The molecule has 1 aliphatic heterocycles. The molecule has 0 unspecified atom stereocenters. The average molecular weight is 288 g/mol. The van der Waals surface area contributed by atoms with Crippen LogP contribution in [0.2, 0.25) is 0 Å². The van der Waals surface area contributed by atoms with Crippen molar-refractivity contribution in [3.63, 3.8) is 0 Å². The van der Waals surface area contributed by atoms with E-state index >= 15 is 0 Å². The number of nitrogens with two attached hydrogens (primary N) is 1. The first-order valence-corrected chi connectivity index (χ1v) is 7.35. The van der Waals surface area contributed by atoms with Crippen molar-refractivity contribution in [3.05, 3.63) is 45.6 Å². The van der Waals surface area contributed by atoms with Gasteiger partial charge in [0, 0.05) is 18.0 Å². The minimum Gasteiger partial charge on any atom is -0.465 e. The van der Waals surface area contributed by atoms with E-state index in [1.807, 2.05) is 17.4 Å². The van der Waals surface area contributed by atoms with Crippen molar-refractivity contribution in [1.29, 1.82) is 0 Å². The smallest absolute Gasteiger partial charge is 0.337 e. The van der Waals surface area contributed by atoms with Crippen molar-refractivity contribution in [3.8, 4) is 0 Å². The van der Waals surface area contributed by atoms with E-state index < -0.39 is 0 Å². The second kappa shape index (κ2) is 5.17. The molecule has 1 aromatic heterocycles. The zero-order valence-electron chi connectivity index (χ0n) is 11.3.